The fourth-order valence-electron chi connectivity index (χ4n) is 3.25. The summed E-state index contributed by atoms with van der Waals surface area (Å²) in [4.78, 5) is 25.4. The first kappa shape index (κ1) is 27.4. The number of Topliss-reactive ketones (excluding diaryl/α,β-unsaturated/α-hetero) is 1. The summed E-state index contributed by atoms with van der Waals surface area (Å²) in [5.74, 6) is 0.419. The average Bonchev–Trinajstić information content (AvgIpc) is 2.86. The molecule has 3 aromatic rings. The molecule has 0 amide bonds. The third-order valence-electron chi connectivity index (χ3n) is 5.70. The SMILES string of the molecule is CCCOc1ccc(-c2nc(OC)nc(-c3cc(CCC(=O)C(C)(C)C(F)(F)F)ccc3Cl)n2)cc1. The number of alkyl halides is 3. The number of aryl methyl sites for hydroxylation is 1. The number of nitrogens with zero attached hydrogens (tertiary/aromatic N) is 3. The lowest BCUT2D eigenvalue weighted by Gasteiger charge is -2.26. The number of ether oxygens (including phenoxy) is 2. The number of halogens is 4. The monoisotopic (exact) mass is 521 g/mol. The number of carbonyl (C=O) groups excluding carboxylic acids is 1. The van der Waals surface area contributed by atoms with Gasteiger partial charge in [-0.25, -0.2) is 4.98 Å². The van der Waals surface area contributed by atoms with E-state index >= 15 is 0 Å². The van der Waals surface area contributed by atoms with Gasteiger partial charge in [-0.15, -0.1) is 0 Å². The van der Waals surface area contributed by atoms with Crippen molar-refractivity contribution in [2.24, 2.45) is 5.41 Å². The van der Waals surface area contributed by atoms with Crippen LogP contribution in [0.3, 0.4) is 0 Å². The molecular formula is C26H27ClF3N3O3. The van der Waals surface area contributed by atoms with Crippen LogP contribution in [-0.2, 0) is 11.2 Å². The van der Waals surface area contributed by atoms with Crippen molar-refractivity contribution in [3.63, 3.8) is 0 Å². The Kier molecular flexibility index (Phi) is 8.55. The molecule has 0 saturated heterocycles. The van der Waals surface area contributed by atoms with E-state index in [2.05, 4.69) is 15.0 Å². The molecule has 0 N–H and O–H groups in total. The summed E-state index contributed by atoms with van der Waals surface area (Å²) in [5, 5.41) is 0.336. The molecule has 1 heterocycles. The van der Waals surface area contributed by atoms with Gasteiger partial charge in [0.25, 0.3) is 0 Å². The Hall–Kier alpha value is -3.20. The largest absolute Gasteiger partial charge is 0.494 e. The second-order valence-electron chi connectivity index (χ2n) is 8.70. The number of aromatic nitrogens is 3. The highest BCUT2D eigenvalue weighted by atomic mass is 35.5. The Morgan fingerprint density at radius 2 is 1.67 bits per heavy atom. The van der Waals surface area contributed by atoms with Gasteiger partial charge in [-0.05, 0) is 68.7 Å². The molecule has 1 aromatic heterocycles. The third kappa shape index (κ3) is 6.32. The molecule has 0 unspecified atom stereocenters. The zero-order chi connectivity index (χ0) is 26.5. The Bertz CT molecular complexity index is 1220. The number of ketones is 1. The minimum Gasteiger partial charge on any atom is -0.494 e. The van der Waals surface area contributed by atoms with Gasteiger partial charge in [-0.1, -0.05) is 24.6 Å². The fourth-order valence-corrected chi connectivity index (χ4v) is 3.45. The molecule has 0 atom stereocenters. The molecule has 0 fully saturated rings. The number of hydrogen-bond acceptors (Lipinski definition) is 6. The second kappa shape index (κ2) is 11.2. The predicted octanol–water partition coefficient (Wildman–Crippen LogP) is 6.75. The van der Waals surface area contributed by atoms with E-state index < -0.39 is 17.4 Å². The van der Waals surface area contributed by atoms with E-state index in [0.717, 1.165) is 26.0 Å². The van der Waals surface area contributed by atoms with Crippen LogP contribution in [0.1, 0.15) is 39.2 Å². The van der Waals surface area contributed by atoms with Gasteiger partial charge < -0.3 is 9.47 Å². The average molecular weight is 522 g/mol. The van der Waals surface area contributed by atoms with Crippen molar-refractivity contribution in [1.29, 1.82) is 0 Å². The highest BCUT2D eigenvalue weighted by Gasteiger charge is 2.51. The van der Waals surface area contributed by atoms with E-state index in [9.17, 15) is 18.0 Å². The van der Waals surface area contributed by atoms with Crippen molar-refractivity contribution in [2.45, 2.75) is 46.2 Å². The minimum absolute atomic E-state index is 0.0740. The number of methoxy groups -OCH3 is 1. The van der Waals surface area contributed by atoms with E-state index in [-0.39, 0.29) is 24.7 Å². The fraction of sp³-hybridized carbons (Fsp3) is 0.385. The van der Waals surface area contributed by atoms with E-state index in [1.807, 2.05) is 31.2 Å². The molecule has 0 saturated carbocycles. The zero-order valence-corrected chi connectivity index (χ0v) is 21.2. The molecule has 0 bridgehead atoms. The summed E-state index contributed by atoms with van der Waals surface area (Å²) in [6, 6.07) is 12.3. The summed E-state index contributed by atoms with van der Waals surface area (Å²) in [5.41, 5.74) is -0.649. The van der Waals surface area contributed by atoms with Crippen LogP contribution in [0.4, 0.5) is 13.2 Å². The first-order valence-electron chi connectivity index (χ1n) is 11.4. The van der Waals surface area contributed by atoms with Gasteiger partial charge in [0.15, 0.2) is 11.6 Å². The Balaban J connectivity index is 1.89. The summed E-state index contributed by atoms with van der Waals surface area (Å²) >= 11 is 6.42. The van der Waals surface area contributed by atoms with E-state index in [4.69, 9.17) is 21.1 Å². The van der Waals surface area contributed by atoms with E-state index in [1.54, 1.807) is 18.2 Å². The van der Waals surface area contributed by atoms with Gasteiger partial charge >= 0.3 is 12.2 Å². The van der Waals surface area contributed by atoms with Crippen LogP contribution in [0.5, 0.6) is 11.8 Å². The van der Waals surface area contributed by atoms with Gasteiger partial charge in [0.05, 0.1) is 18.7 Å². The van der Waals surface area contributed by atoms with Gasteiger partial charge in [-0.3, -0.25) is 4.79 Å². The van der Waals surface area contributed by atoms with Gasteiger partial charge in [0.1, 0.15) is 16.9 Å². The van der Waals surface area contributed by atoms with E-state index in [1.165, 1.54) is 7.11 Å². The van der Waals surface area contributed by atoms with Crippen molar-refractivity contribution >= 4 is 17.4 Å². The van der Waals surface area contributed by atoms with Crippen molar-refractivity contribution in [1.82, 2.24) is 15.0 Å². The maximum absolute atomic E-state index is 13.2. The van der Waals surface area contributed by atoms with Crippen LogP contribution in [0.2, 0.25) is 5.02 Å². The van der Waals surface area contributed by atoms with Crippen LogP contribution < -0.4 is 9.47 Å². The molecule has 2 aromatic carbocycles. The van der Waals surface area contributed by atoms with Crippen molar-refractivity contribution in [3.05, 3.63) is 53.1 Å². The minimum atomic E-state index is -4.62. The number of benzene rings is 2. The van der Waals surface area contributed by atoms with E-state index in [0.29, 0.717) is 34.1 Å². The lowest BCUT2D eigenvalue weighted by atomic mass is 9.84. The standard InChI is InChI=1S/C26H27ClF3N3O3/c1-5-14-36-18-10-8-17(9-11-18)22-31-23(33-24(32-22)35-4)19-15-16(6-12-20(19)27)7-13-21(34)25(2,3)26(28,29)30/h6,8-12,15H,5,7,13-14H2,1-4H3. The van der Waals surface area contributed by atoms with Gasteiger partial charge in [0, 0.05) is 17.5 Å². The van der Waals surface area contributed by atoms with Crippen LogP contribution in [0.25, 0.3) is 22.8 Å². The predicted molar refractivity (Wildman–Crippen MR) is 131 cm³/mol. The molecule has 10 heteroatoms. The second-order valence-corrected chi connectivity index (χ2v) is 9.11. The molecule has 3 rings (SSSR count). The normalized spacial score (nSPS) is 11.9. The highest BCUT2D eigenvalue weighted by molar-refractivity contribution is 6.33. The topological polar surface area (TPSA) is 74.2 Å². The Morgan fingerprint density at radius 3 is 2.28 bits per heavy atom. The van der Waals surface area contributed by atoms with Crippen molar-refractivity contribution < 1.29 is 27.4 Å². The Labute approximate surface area is 212 Å². The molecule has 36 heavy (non-hydrogen) atoms. The van der Waals surface area contributed by atoms with Crippen LogP contribution in [0.15, 0.2) is 42.5 Å². The molecular weight excluding hydrogens is 495 g/mol. The maximum atomic E-state index is 13.2. The molecule has 0 radical (unpaired) electrons. The molecule has 0 aliphatic carbocycles. The molecule has 192 valence electrons. The molecule has 0 aliphatic heterocycles. The van der Waals surface area contributed by atoms with Crippen molar-refractivity contribution in [2.75, 3.05) is 13.7 Å². The number of rotatable bonds is 10. The molecule has 6 nitrogen and oxygen atoms in total. The van der Waals surface area contributed by atoms with Crippen LogP contribution >= 0.6 is 11.6 Å². The smallest absolute Gasteiger partial charge is 0.400 e. The third-order valence-corrected chi connectivity index (χ3v) is 6.03. The summed E-state index contributed by atoms with van der Waals surface area (Å²) in [6.07, 6.45) is -3.89. The zero-order valence-electron chi connectivity index (χ0n) is 20.4. The lowest BCUT2D eigenvalue weighted by molar-refractivity contribution is -0.210. The van der Waals surface area contributed by atoms with Gasteiger partial charge in [0.2, 0.25) is 0 Å². The number of hydrogen-bond donors (Lipinski definition) is 0. The number of carbonyl (C=O) groups is 1. The first-order valence-corrected chi connectivity index (χ1v) is 11.8. The summed E-state index contributed by atoms with van der Waals surface area (Å²) in [7, 11) is 1.43. The quantitative estimate of drug-likeness (QED) is 0.294. The molecule has 0 spiro atoms. The summed E-state index contributed by atoms with van der Waals surface area (Å²) in [6.45, 7) is 4.42. The maximum Gasteiger partial charge on any atom is 0.400 e. The highest BCUT2D eigenvalue weighted by Crippen LogP contribution is 2.39. The van der Waals surface area contributed by atoms with Crippen LogP contribution in [-0.4, -0.2) is 40.6 Å². The summed E-state index contributed by atoms with van der Waals surface area (Å²) < 4.78 is 50.4. The Morgan fingerprint density at radius 1 is 1.00 bits per heavy atom. The lowest BCUT2D eigenvalue weighted by Crippen LogP contribution is -2.39. The molecule has 0 aliphatic rings. The van der Waals surface area contributed by atoms with Crippen LogP contribution in [0, 0.1) is 5.41 Å². The van der Waals surface area contributed by atoms with Gasteiger partial charge in [-0.2, -0.15) is 23.1 Å². The first-order chi connectivity index (χ1) is 17.0. The van der Waals surface area contributed by atoms with Crippen molar-refractivity contribution in [3.8, 4) is 34.5 Å².